The van der Waals surface area contributed by atoms with Crippen molar-refractivity contribution < 1.29 is 0 Å². The number of hydrogen-bond donors (Lipinski definition) is 2. The van der Waals surface area contributed by atoms with Crippen LogP contribution in [0.1, 0.15) is 6.92 Å². The number of thiocarbonyl (C=S) groups is 1. The second-order valence-corrected chi connectivity index (χ2v) is 1.12. The summed E-state index contributed by atoms with van der Waals surface area (Å²) in [6.07, 6.45) is 0. The van der Waals surface area contributed by atoms with Gasteiger partial charge in [-0.3, -0.25) is 0 Å². The molecular formula is C4H7N5S. The van der Waals surface area contributed by atoms with E-state index in [2.05, 4.69) is 22.4 Å². The zero-order valence-corrected chi connectivity index (χ0v) is 6.22. The van der Waals surface area contributed by atoms with Gasteiger partial charge in [0.25, 0.3) is 0 Å². The molecule has 0 aromatic carbocycles. The summed E-state index contributed by atoms with van der Waals surface area (Å²) in [6, 6.07) is 1.75. The van der Waals surface area contributed by atoms with Crippen LogP contribution in [0.5, 0.6) is 0 Å². The van der Waals surface area contributed by atoms with Crippen molar-refractivity contribution in [3.63, 3.8) is 0 Å². The van der Waals surface area contributed by atoms with Crippen molar-refractivity contribution in [1.82, 2.24) is 0 Å². The summed E-state index contributed by atoms with van der Waals surface area (Å²) in [5.41, 5.74) is 9.65. The van der Waals surface area contributed by atoms with Gasteiger partial charge in [0.2, 0.25) is 5.96 Å². The molecule has 0 aliphatic carbocycles. The molecule has 0 saturated heterocycles. The Hall–Kier alpha value is -1.44. The third kappa shape index (κ3) is 30.9. The van der Waals surface area contributed by atoms with Crippen LogP contribution in [-0.2, 0) is 0 Å². The van der Waals surface area contributed by atoms with E-state index in [-0.39, 0.29) is 5.96 Å². The van der Waals surface area contributed by atoms with Crippen molar-refractivity contribution in [3.05, 3.63) is 0 Å². The molecule has 54 valence electrons. The lowest BCUT2D eigenvalue weighted by atomic mass is 11.0. The molecule has 0 aromatic rings. The van der Waals surface area contributed by atoms with E-state index in [9.17, 15) is 0 Å². The van der Waals surface area contributed by atoms with Crippen LogP contribution >= 0.6 is 12.2 Å². The highest BCUT2D eigenvalue weighted by molar-refractivity contribution is 7.78. The highest BCUT2D eigenvalue weighted by Gasteiger charge is 1.67. The summed E-state index contributed by atoms with van der Waals surface area (Å²) in [4.78, 5) is 0. The predicted octanol–water partition coefficient (Wildman–Crippen LogP) is -0.193. The van der Waals surface area contributed by atoms with Crippen LogP contribution < -0.4 is 11.5 Å². The number of rotatable bonds is 1. The van der Waals surface area contributed by atoms with E-state index in [4.69, 9.17) is 16.7 Å². The minimum Gasteiger partial charge on any atom is -0.369 e. The molecule has 4 N–H and O–H groups in total. The number of isothiocyanates is 1. The van der Waals surface area contributed by atoms with Gasteiger partial charge in [0.1, 0.15) is 0 Å². The number of nitrogens with two attached hydrogens (primary N) is 2. The maximum atomic E-state index is 7.32. The van der Waals surface area contributed by atoms with Gasteiger partial charge in [-0.1, -0.05) is 5.10 Å². The Bertz CT molecular complexity index is 180. The normalized spacial score (nSPS) is 5.20. The van der Waals surface area contributed by atoms with Crippen LogP contribution in [0.3, 0.4) is 0 Å². The van der Waals surface area contributed by atoms with E-state index in [0.717, 1.165) is 0 Å². The molecule has 0 atom stereocenters. The second kappa shape index (κ2) is 10.5. The Labute approximate surface area is 64.0 Å². The van der Waals surface area contributed by atoms with Crippen molar-refractivity contribution in [2.75, 3.05) is 0 Å². The average Bonchev–Trinajstić information content (AvgIpc) is 1.85. The van der Waals surface area contributed by atoms with Crippen LogP contribution in [0, 0.1) is 11.3 Å². The van der Waals surface area contributed by atoms with Crippen molar-refractivity contribution in [2.45, 2.75) is 6.92 Å². The first-order valence-corrected chi connectivity index (χ1v) is 2.56. The third-order valence-corrected chi connectivity index (χ3v) is 0.288. The van der Waals surface area contributed by atoms with Gasteiger partial charge in [-0.15, -0.1) is 5.10 Å². The number of nitrogens with zero attached hydrogens (tertiary/aromatic N) is 3. The van der Waals surface area contributed by atoms with E-state index in [1.807, 2.05) is 5.16 Å². The van der Waals surface area contributed by atoms with Crippen LogP contribution in [0.4, 0.5) is 0 Å². The fourth-order valence-electron chi connectivity index (χ4n) is 0.0781. The Morgan fingerprint density at radius 2 is 2.00 bits per heavy atom. The lowest BCUT2D eigenvalue weighted by molar-refractivity contribution is 1.22. The van der Waals surface area contributed by atoms with Gasteiger partial charge in [0.15, 0.2) is 0 Å². The highest BCUT2D eigenvalue weighted by atomic mass is 32.1. The molecule has 6 heteroatoms. The minimum atomic E-state index is -0.114. The molecule has 0 aliphatic rings. The quantitative estimate of drug-likeness (QED) is 0.238. The molecule has 0 aromatic heterocycles. The molecule has 0 spiro atoms. The predicted molar refractivity (Wildman–Crippen MR) is 42.1 cm³/mol. The smallest absolute Gasteiger partial charge is 0.212 e. The summed E-state index contributed by atoms with van der Waals surface area (Å²) in [6.45, 7) is 1.43. The number of guanidine groups is 1. The fraction of sp³-hybridized carbons (Fsp3) is 0.250. The van der Waals surface area contributed by atoms with Gasteiger partial charge in [-0.05, 0) is 12.2 Å². The van der Waals surface area contributed by atoms with E-state index in [1.54, 1.807) is 6.07 Å². The molecule has 10 heavy (non-hydrogen) atoms. The maximum Gasteiger partial charge on any atom is 0.212 e. The van der Waals surface area contributed by atoms with Gasteiger partial charge in [-0.2, -0.15) is 5.26 Å². The van der Waals surface area contributed by atoms with Gasteiger partial charge in [0, 0.05) is 6.92 Å². The second-order valence-electron chi connectivity index (χ2n) is 0.940. The largest absolute Gasteiger partial charge is 0.369 e. The molecule has 0 fully saturated rings. The molecule has 0 unspecified atom stereocenters. The molecule has 0 bridgehead atoms. The Morgan fingerprint density at radius 3 is 2.10 bits per heavy atom. The number of nitriles is 1. The molecule has 0 saturated carbocycles. The van der Waals surface area contributed by atoms with Crippen LogP contribution in [-0.4, -0.2) is 11.1 Å². The maximum absolute atomic E-state index is 7.32. The van der Waals surface area contributed by atoms with E-state index in [1.165, 1.54) is 6.92 Å². The first kappa shape index (κ1) is 11.4. The summed E-state index contributed by atoms with van der Waals surface area (Å²) in [7, 11) is 0. The Balaban J connectivity index is 0. The number of hydrogen-bond acceptors (Lipinski definition) is 4. The lowest BCUT2D eigenvalue weighted by Crippen LogP contribution is -2.21. The zero-order chi connectivity index (χ0) is 8.41. The van der Waals surface area contributed by atoms with Crippen molar-refractivity contribution >= 4 is 23.3 Å². The van der Waals surface area contributed by atoms with E-state index >= 15 is 0 Å². The SMILES string of the molecule is CC#N.NC(N)=NN=C=S. The van der Waals surface area contributed by atoms with E-state index in [0.29, 0.717) is 0 Å². The molecule has 0 aliphatic heterocycles. The van der Waals surface area contributed by atoms with Gasteiger partial charge < -0.3 is 11.5 Å². The van der Waals surface area contributed by atoms with Crippen molar-refractivity contribution in [2.24, 2.45) is 21.7 Å². The topological polar surface area (TPSA) is 101 Å². The van der Waals surface area contributed by atoms with Crippen molar-refractivity contribution in [1.29, 1.82) is 5.26 Å². The zero-order valence-electron chi connectivity index (χ0n) is 5.40. The Kier molecular flexibility index (Phi) is 12.0. The van der Waals surface area contributed by atoms with Crippen LogP contribution in [0.15, 0.2) is 10.2 Å². The molecule has 5 nitrogen and oxygen atoms in total. The molecular weight excluding hydrogens is 150 g/mol. The van der Waals surface area contributed by atoms with Gasteiger partial charge in [-0.25, -0.2) is 0 Å². The fourth-order valence-corrected chi connectivity index (χ4v) is 0.119. The van der Waals surface area contributed by atoms with Gasteiger partial charge in [0.05, 0.1) is 11.2 Å². The van der Waals surface area contributed by atoms with Gasteiger partial charge >= 0.3 is 0 Å². The first-order valence-electron chi connectivity index (χ1n) is 2.15. The summed E-state index contributed by atoms with van der Waals surface area (Å²) >= 11 is 4.14. The van der Waals surface area contributed by atoms with Crippen LogP contribution in [0.2, 0.25) is 0 Å². The highest BCUT2D eigenvalue weighted by Crippen LogP contribution is 1.60. The molecule has 0 rings (SSSR count). The van der Waals surface area contributed by atoms with Crippen molar-refractivity contribution in [3.8, 4) is 6.07 Å². The monoisotopic (exact) mass is 157 g/mol. The standard InChI is InChI=1S/C2H4N4S.C2H3N/c3-2(4)6-5-1-7;1-2-3/h(H4,3,4,6);1H3. The first-order chi connectivity index (χ1) is 4.68. The minimum absolute atomic E-state index is 0.114. The average molecular weight is 157 g/mol. The molecule has 0 heterocycles. The van der Waals surface area contributed by atoms with E-state index < -0.39 is 0 Å². The molecule has 0 radical (unpaired) electrons. The molecule has 0 amide bonds. The van der Waals surface area contributed by atoms with Crippen LogP contribution in [0.25, 0.3) is 0 Å². The summed E-state index contributed by atoms with van der Waals surface area (Å²) in [5.74, 6) is -0.114. The summed E-state index contributed by atoms with van der Waals surface area (Å²) in [5, 5.41) is 15.5. The Morgan fingerprint density at radius 1 is 1.60 bits per heavy atom. The lowest BCUT2D eigenvalue weighted by Gasteiger charge is -1.76. The third-order valence-electron chi connectivity index (χ3n) is 0.206. The summed E-state index contributed by atoms with van der Waals surface area (Å²) < 4.78 is 0.